The van der Waals surface area contributed by atoms with E-state index < -0.39 is 24.0 Å². The van der Waals surface area contributed by atoms with Crippen LogP contribution in [-0.2, 0) is 15.9 Å². The summed E-state index contributed by atoms with van der Waals surface area (Å²) in [6.07, 6.45) is 3.22. The lowest BCUT2D eigenvalue weighted by atomic mass is 9.86. The molecule has 0 radical (unpaired) electrons. The van der Waals surface area contributed by atoms with Crippen LogP contribution in [0.2, 0.25) is 0 Å². The minimum atomic E-state index is -0.980. The molecule has 0 saturated carbocycles. The van der Waals surface area contributed by atoms with Crippen molar-refractivity contribution in [1.82, 2.24) is 9.78 Å². The lowest BCUT2D eigenvalue weighted by Crippen LogP contribution is -2.41. The van der Waals surface area contributed by atoms with Gasteiger partial charge in [0.2, 0.25) is 0 Å². The van der Waals surface area contributed by atoms with E-state index in [9.17, 15) is 4.39 Å². The third-order valence-corrected chi connectivity index (χ3v) is 4.50. The van der Waals surface area contributed by atoms with E-state index in [1.54, 1.807) is 10.8 Å². The van der Waals surface area contributed by atoms with Gasteiger partial charge in [0, 0.05) is 11.3 Å². The standard InChI is InChI=1S/C16H24BFN2O2/c1-8-9-20-12(3)13(11(2)19-20)10-14(18)17-21-15(4,5)16(6,7)22-17/h8,10H,1,9H2,2-7H3. The van der Waals surface area contributed by atoms with Crippen LogP contribution in [-0.4, -0.2) is 28.1 Å². The Labute approximate surface area is 132 Å². The van der Waals surface area contributed by atoms with Crippen LogP contribution < -0.4 is 0 Å². The Kier molecular flexibility index (Phi) is 4.37. The lowest BCUT2D eigenvalue weighted by molar-refractivity contribution is 0.00578. The second-order valence-corrected chi connectivity index (χ2v) is 6.67. The normalized spacial score (nSPS) is 20.5. The summed E-state index contributed by atoms with van der Waals surface area (Å²) >= 11 is 0. The Morgan fingerprint density at radius 1 is 1.27 bits per heavy atom. The summed E-state index contributed by atoms with van der Waals surface area (Å²) in [5.41, 5.74) is 0.868. The summed E-state index contributed by atoms with van der Waals surface area (Å²) in [4.78, 5) is 0. The van der Waals surface area contributed by atoms with E-state index in [2.05, 4.69) is 11.7 Å². The van der Waals surface area contributed by atoms with Crippen molar-refractivity contribution in [1.29, 1.82) is 0 Å². The molecule has 6 heteroatoms. The van der Waals surface area contributed by atoms with Crippen molar-refractivity contribution < 1.29 is 13.7 Å². The first-order valence-electron chi connectivity index (χ1n) is 7.46. The zero-order chi connectivity index (χ0) is 16.7. The van der Waals surface area contributed by atoms with Crippen molar-refractivity contribution in [3.63, 3.8) is 0 Å². The molecular weight excluding hydrogens is 282 g/mol. The van der Waals surface area contributed by atoms with Crippen LogP contribution in [0.15, 0.2) is 18.4 Å². The van der Waals surface area contributed by atoms with Crippen molar-refractivity contribution in [3.05, 3.63) is 35.3 Å². The average molecular weight is 306 g/mol. The molecule has 1 fully saturated rings. The maximum Gasteiger partial charge on any atom is 0.525 e. The Morgan fingerprint density at radius 3 is 2.32 bits per heavy atom. The van der Waals surface area contributed by atoms with E-state index >= 15 is 0 Å². The number of halogens is 1. The number of nitrogens with zero attached hydrogens (tertiary/aromatic N) is 2. The predicted molar refractivity (Wildman–Crippen MR) is 87.1 cm³/mol. The van der Waals surface area contributed by atoms with Crippen LogP contribution in [0, 0.1) is 13.8 Å². The maximum absolute atomic E-state index is 14.6. The summed E-state index contributed by atoms with van der Waals surface area (Å²) in [6.45, 7) is 15.7. The average Bonchev–Trinajstić information content (AvgIpc) is 2.77. The molecule has 4 nitrogen and oxygen atoms in total. The van der Waals surface area contributed by atoms with Crippen molar-refractivity contribution in [2.24, 2.45) is 0 Å². The summed E-state index contributed by atoms with van der Waals surface area (Å²) in [6, 6.07) is 0. The molecule has 0 amide bonds. The molecule has 120 valence electrons. The summed E-state index contributed by atoms with van der Waals surface area (Å²) in [7, 11) is -0.980. The van der Waals surface area contributed by atoms with Gasteiger partial charge in [0.1, 0.15) is 5.73 Å². The highest BCUT2D eigenvalue weighted by atomic mass is 19.1. The Morgan fingerprint density at radius 2 is 1.82 bits per heavy atom. The molecular formula is C16H24BFN2O2. The van der Waals surface area contributed by atoms with Gasteiger partial charge in [0.15, 0.2) is 0 Å². The number of aromatic nitrogens is 2. The Bertz CT molecular complexity index is 604. The molecule has 0 unspecified atom stereocenters. The molecule has 0 N–H and O–H groups in total. The van der Waals surface area contributed by atoms with Gasteiger partial charge in [0.05, 0.1) is 23.4 Å². The van der Waals surface area contributed by atoms with Gasteiger partial charge >= 0.3 is 7.12 Å². The third kappa shape index (κ3) is 2.90. The molecule has 0 aliphatic carbocycles. The van der Waals surface area contributed by atoms with Crippen LogP contribution in [0.4, 0.5) is 4.39 Å². The van der Waals surface area contributed by atoms with Gasteiger partial charge in [-0.2, -0.15) is 5.10 Å². The summed E-state index contributed by atoms with van der Waals surface area (Å²) in [5.74, 6) is 0. The van der Waals surface area contributed by atoms with Gasteiger partial charge < -0.3 is 9.31 Å². The molecule has 1 saturated heterocycles. The van der Waals surface area contributed by atoms with E-state index in [1.165, 1.54) is 6.08 Å². The number of hydrogen-bond acceptors (Lipinski definition) is 3. The minimum absolute atomic E-state index is 0.442. The maximum atomic E-state index is 14.6. The highest BCUT2D eigenvalue weighted by Gasteiger charge is 2.53. The van der Waals surface area contributed by atoms with E-state index in [4.69, 9.17) is 9.31 Å². The molecule has 1 aliphatic heterocycles. The predicted octanol–water partition coefficient (Wildman–Crippen LogP) is 3.63. The highest BCUT2D eigenvalue weighted by molar-refractivity contribution is 6.54. The molecule has 1 aliphatic rings. The zero-order valence-electron chi connectivity index (χ0n) is 14.2. The molecule has 1 aromatic rings. The quantitative estimate of drug-likeness (QED) is 0.629. The fourth-order valence-electron chi connectivity index (χ4n) is 2.38. The van der Waals surface area contributed by atoms with Crippen LogP contribution >= 0.6 is 0 Å². The number of aryl methyl sites for hydroxylation is 1. The van der Waals surface area contributed by atoms with Crippen molar-refractivity contribution in [2.75, 3.05) is 0 Å². The van der Waals surface area contributed by atoms with Crippen LogP contribution in [0.5, 0.6) is 0 Å². The Hall–Kier alpha value is -1.40. The zero-order valence-corrected chi connectivity index (χ0v) is 14.2. The second kappa shape index (κ2) is 5.67. The lowest BCUT2D eigenvalue weighted by Gasteiger charge is -2.32. The minimum Gasteiger partial charge on any atom is -0.398 e. The molecule has 0 aromatic carbocycles. The van der Waals surface area contributed by atoms with E-state index in [1.807, 2.05) is 41.5 Å². The molecule has 22 heavy (non-hydrogen) atoms. The topological polar surface area (TPSA) is 36.3 Å². The van der Waals surface area contributed by atoms with Crippen molar-refractivity contribution in [2.45, 2.75) is 59.3 Å². The number of rotatable bonds is 4. The van der Waals surface area contributed by atoms with E-state index in [0.29, 0.717) is 6.54 Å². The first kappa shape index (κ1) is 17.0. The van der Waals surface area contributed by atoms with Crippen molar-refractivity contribution >= 4 is 13.2 Å². The van der Waals surface area contributed by atoms with Crippen LogP contribution in [0.25, 0.3) is 6.08 Å². The van der Waals surface area contributed by atoms with Crippen molar-refractivity contribution in [3.8, 4) is 0 Å². The second-order valence-electron chi connectivity index (χ2n) is 6.67. The fourth-order valence-corrected chi connectivity index (χ4v) is 2.38. The molecule has 0 spiro atoms. The molecule has 2 rings (SSSR count). The summed E-state index contributed by atoms with van der Waals surface area (Å²) < 4.78 is 27.8. The van der Waals surface area contributed by atoms with Gasteiger partial charge in [-0.05, 0) is 47.6 Å². The van der Waals surface area contributed by atoms with Crippen LogP contribution in [0.1, 0.15) is 44.6 Å². The molecule has 2 heterocycles. The monoisotopic (exact) mass is 306 g/mol. The first-order chi connectivity index (χ1) is 10.1. The molecule has 0 bridgehead atoms. The van der Waals surface area contributed by atoms with Gasteiger partial charge in [0.25, 0.3) is 0 Å². The van der Waals surface area contributed by atoms with Gasteiger partial charge in [-0.1, -0.05) is 6.08 Å². The van der Waals surface area contributed by atoms with Gasteiger partial charge in [-0.15, -0.1) is 6.58 Å². The Balaban J connectivity index is 2.29. The molecule has 1 aromatic heterocycles. The first-order valence-corrected chi connectivity index (χ1v) is 7.46. The SMILES string of the molecule is C=CCn1nc(C)c(C=C(F)B2OC(C)(C)C(C)(C)O2)c1C. The number of allylic oxidation sites excluding steroid dienone is 1. The smallest absolute Gasteiger partial charge is 0.398 e. The highest BCUT2D eigenvalue weighted by Crippen LogP contribution is 2.39. The van der Waals surface area contributed by atoms with E-state index in [-0.39, 0.29) is 0 Å². The largest absolute Gasteiger partial charge is 0.525 e. The third-order valence-electron chi connectivity index (χ3n) is 4.50. The summed E-state index contributed by atoms with van der Waals surface area (Å²) in [5, 5.41) is 4.39. The number of hydrogen-bond donors (Lipinski definition) is 0. The van der Waals surface area contributed by atoms with Crippen LogP contribution in [0.3, 0.4) is 0 Å². The fraction of sp³-hybridized carbons (Fsp3) is 0.562. The van der Waals surface area contributed by atoms with Gasteiger partial charge in [-0.3, -0.25) is 4.68 Å². The van der Waals surface area contributed by atoms with E-state index in [0.717, 1.165) is 17.0 Å². The molecule has 0 atom stereocenters. The van der Waals surface area contributed by atoms with Gasteiger partial charge in [-0.25, -0.2) is 4.39 Å².